The maximum absolute atomic E-state index is 9.52. The van der Waals surface area contributed by atoms with E-state index in [1.165, 1.54) is 0 Å². The van der Waals surface area contributed by atoms with Gasteiger partial charge in [0, 0.05) is 12.0 Å². The molecule has 0 spiro atoms. The monoisotopic (exact) mass is 176 g/mol. The minimum atomic E-state index is 0.0308. The Balaban J connectivity index is 2.35. The van der Waals surface area contributed by atoms with Gasteiger partial charge in [-0.15, -0.1) is 0 Å². The summed E-state index contributed by atoms with van der Waals surface area (Å²) >= 11 is 0. The van der Waals surface area contributed by atoms with Crippen LogP contribution in [0.1, 0.15) is 12.5 Å². The van der Waals surface area contributed by atoms with Crippen molar-refractivity contribution in [2.24, 2.45) is 0 Å². The molecule has 2 rings (SSSR count). The number of rotatable bonds is 1. The van der Waals surface area contributed by atoms with Crippen molar-refractivity contribution in [3.8, 4) is 11.5 Å². The van der Waals surface area contributed by atoms with Gasteiger partial charge in [-0.05, 0) is 24.6 Å². The molecule has 0 fully saturated rings. The molecule has 1 aromatic rings. The Bertz CT molecular complexity index is 355. The first-order valence-electron chi connectivity index (χ1n) is 4.31. The summed E-state index contributed by atoms with van der Waals surface area (Å²) < 4.78 is 5.59. The Morgan fingerprint density at radius 3 is 3.00 bits per heavy atom. The minimum Gasteiger partial charge on any atom is -0.508 e. The molecule has 2 nitrogen and oxygen atoms in total. The van der Waals surface area contributed by atoms with E-state index in [0.29, 0.717) is 5.75 Å². The highest BCUT2D eigenvalue weighted by Gasteiger charge is 2.25. The van der Waals surface area contributed by atoms with E-state index in [-0.39, 0.29) is 6.10 Å². The standard InChI is InChI=1S/C11H12O2/c1-7(2)11-6-8-9(12)4-3-5-10(8)13-11/h3-5,11-12H,1,6H2,2H3. The van der Waals surface area contributed by atoms with E-state index in [0.717, 1.165) is 23.3 Å². The van der Waals surface area contributed by atoms with Crippen LogP contribution in [-0.2, 0) is 6.42 Å². The molecule has 1 N–H and O–H groups in total. The molecule has 2 heteroatoms. The minimum absolute atomic E-state index is 0.0308. The van der Waals surface area contributed by atoms with Crippen molar-refractivity contribution in [3.63, 3.8) is 0 Å². The van der Waals surface area contributed by atoms with E-state index >= 15 is 0 Å². The first-order valence-corrected chi connectivity index (χ1v) is 4.31. The second-order valence-corrected chi connectivity index (χ2v) is 3.41. The lowest BCUT2D eigenvalue weighted by molar-refractivity contribution is 0.271. The molecule has 1 aliphatic heterocycles. The molecule has 1 unspecified atom stereocenters. The Labute approximate surface area is 77.5 Å². The van der Waals surface area contributed by atoms with E-state index in [4.69, 9.17) is 4.74 Å². The van der Waals surface area contributed by atoms with Crippen LogP contribution in [0.5, 0.6) is 11.5 Å². The van der Waals surface area contributed by atoms with E-state index < -0.39 is 0 Å². The molecule has 0 aromatic heterocycles. The quantitative estimate of drug-likeness (QED) is 0.665. The zero-order valence-electron chi connectivity index (χ0n) is 7.58. The average molecular weight is 176 g/mol. The molecular weight excluding hydrogens is 164 g/mol. The zero-order valence-corrected chi connectivity index (χ0v) is 7.58. The fraction of sp³-hybridized carbons (Fsp3) is 0.273. The van der Waals surface area contributed by atoms with Crippen LogP contribution in [0.3, 0.4) is 0 Å². The summed E-state index contributed by atoms with van der Waals surface area (Å²) in [5, 5.41) is 9.52. The van der Waals surface area contributed by atoms with Gasteiger partial charge in [-0.3, -0.25) is 0 Å². The number of fused-ring (bicyclic) bond motifs is 1. The molecule has 0 amide bonds. The number of ether oxygens (including phenoxy) is 1. The third-order valence-electron chi connectivity index (χ3n) is 2.32. The highest BCUT2D eigenvalue weighted by molar-refractivity contribution is 5.47. The van der Waals surface area contributed by atoms with Gasteiger partial charge in [0.25, 0.3) is 0 Å². The number of hydrogen-bond acceptors (Lipinski definition) is 2. The Morgan fingerprint density at radius 1 is 1.62 bits per heavy atom. The second-order valence-electron chi connectivity index (χ2n) is 3.41. The maximum atomic E-state index is 9.52. The van der Waals surface area contributed by atoms with Gasteiger partial charge in [0.05, 0.1) is 0 Å². The van der Waals surface area contributed by atoms with E-state index in [1.54, 1.807) is 12.1 Å². The summed E-state index contributed by atoms with van der Waals surface area (Å²) in [6.45, 7) is 5.78. The fourth-order valence-electron chi connectivity index (χ4n) is 1.52. The third kappa shape index (κ3) is 1.28. The van der Waals surface area contributed by atoms with Gasteiger partial charge in [-0.2, -0.15) is 0 Å². The number of aromatic hydroxyl groups is 1. The number of benzene rings is 1. The zero-order chi connectivity index (χ0) is 9.42. The van der Waals surface area contributed by atoms with Crippen molar-refractivity contribution in [3.05, 3.63) is 35.9 Å². The third-order valence-corrected chi connectivity index (χ3v) is 2.32. The number of hydrogen-bond donors (Lipinski definition) is 1. The summed E-state index contributed by atoms with van der Waals surface area (Å²) in [5.74, 6) is 1.11. The second kappa shape index (κ2) is 2.80. The SMILES string of the molecule is C=C(C)C1Cc2c(O)cccc2O1. The average Bonchev–Trinajstić information content (AvgIpc) is 2.49. The molecule has 1 heterocycles. The van der Waals surface area contributed by atoms with Crippen LogP contribution in [-0.4, -0.2) is 11.2 Å². The fourth-order valence-corrected chi connectivity index (χ4v) is 1.52. The van der Waals surface area contributed by atoms with Gasteiger partial charge in [0.15, 0.2) is 0 Å². The first-order chi connectivity index (χ1) is 6.18. The molecule has 13 heavy (non-hydrogen) atoms. The van der Waals surface area contributed by atoms with Gasteiger partial charge in [0.2, 0.25) is 0 Å². The van der Waals surface area contributed by atoms with Gasteiger partial charge in [-0.1, -0.05) is 12.6 Å². The van der Waals surface area contributed by atoms with Crippen molar-refractivity contribution in [1.29, 1.82) is 0 Å². The van der Waals surface area contributed by atoms with E-state index in [2.05, 4.69) is 6.58 Å². The molecule has 0 radical (unpaired) electrons. The van der Waals surface area contributed by atoms with Crippen molar-refractivity contribution in [1.82, 2.24) is 0 Å². The lowest BCUT2D eigenvalue weighted by Crippen LogP contribution is -2.13. The van der Waals surface area contributed by atoms with Crippen LogP contribution in [0.4, 0.5) is 0 Å². The van der Waals surface area contributed by atoms with Gasteiger partial charge >= 0.3 is 0 Å². The first kappa shape index (κ1) is 8.17. The summed E-state index contributed by atoms with van der Waals surface area (Å²) in [4.78, 5) is 0. The summed E-state index contributed by atoms with van der Waals surface area (Å²) in [7, 11) is 0. The molecule has 0 aliphatic carbocycles. The molecule has 0 bridgehead atoms. The Hall–Kier alpha value is -1.44. The van der Waals surface area contributed by atoms with E-state index in [9.17, 15) is 5.11 Å². The highest BCUT2D eigenvalue weighted by atomic mass is 16.5. The molecule has 1 atom stereocenters. The van der Waals surface area contributed by atoms with Gasteiger partial charge < -0.3 is 9.84 Å². The maximum Gasteiger partial charge on any atom is 0.127 e. The van der Waals surface area contributed by atoms with Crippen LogP contribution in [0.2, 0.25) is 0 Å². The summed E-state index contributed by atoms with van der Waals surface area (Å²) in [5.41, 5.74) is 1.89. The molecule has 1 aliphatic rings. The smallest absolute Gasteiger partial charge is 0.127 e. The largest absolute Gasteiger partial charge is 0.508 e. The topological polar surface area (TPSA) is 29.5 Å². The van der Waals surface area contributed by atoms with E-state index in [1.807, 2.05) is 13.0 Å². The Morgan fingerprint density at radius 2 is 2.38 bits per heavy atom. The number of phenols is 1. The predicted octanol–water partition coefficient (Wildman–Crippen LogP) is 2.27. The lowest BCUT2D eigenvalue weighted by Gasteiger charge is -2.08. The predicted molar refractivity (Wildman–Crippen MR) is 51.0 cm³/mol. The van der Waals surface area contributed by atoms with Crippen molar-refractivity contribution in [2.75, 3.05) is 0 Å². The van der Waals surface area contributed by atoms with Crippen molar-refractivity contribution >= 4 is 0 Å². The van der Waals surface area contributed by atoms with Crippen LogP contribution >= 0.6 is 0 Å². The van der Waals surface area contributed by atoms with Crippen molar-refractivity contribution in [2.45, 2.75) is 19.4 Å². The van der Waals surface area contributed by atoms with Crippen LogP contribution in [0.25, 0.3) is 0 Å². The summed E-state index contributed by atoms with van der Waals surface area (Å²) in [6, 6.07) is 5.34. The molecular formula is C11H12O2. The van der Waals surface area contributed by atoms with Crippen LogP contribution < -0.4 is 4.74 Å². The summed E-state index contributed by atoms with van der Waals surface area (Å²) in [6.07, 6.45) is 0.764. The highest BCUT2D eigenvalue weighted by Crippen LogP contribution is 2.36. The van der Waals surface area contributed by atoms with Crippen LogP contribution in [0, 0.1) is 0 Å². The Kier molecular flexibility index (Phi) is 1.76. The van der Waals surface area contributed by atoms with Crippen molar-refractivity contribution < 1.29 is 9.84 Å². The van der Waals surface area contributed by atoms with Crippen LogP contribution in [0.15, 0.2) is 30.4 Å². The molecule has 0 saturated carbocycles. The molecule has 0 saturated heterocycles. The normalized spacial score (nSPS) is 19.3. The molecule has 1 aromatic carbocycles. The molecule has 68 valence electrons. The number of phenolic OH excluding ortho intramolecular Hbond substituents is 1. The van der Waals surface area contributed by atoms with Gasteiger partial charge in [0.1, 0.15) is 17.6 Å². The lowest BCUT2D eigenvalue weighted by atomic mass is 10.1. The van der Waals surface area contributed by atoms with Gasteiger partial charge in [-0.25, -0.2) is 0 Å².